The van der Waals surface area contributed by atoms with Crippen LogP contribution in [0.15, 0.2) is 48.5 Å². The van der Waals surface area contributed by atoms with E-state index >= 15 is 0 Å². The van der Waals surface area contributed by atoms with Crippen LogP contribution in [-0.2, 0) is 11.3 Å². The minimum atomic E-state index is -0.540. The Morgan fingerprint density at radius 2 is 1.83 bits per heavy atom. The Balaban J connectivity index is 1.45. The minimum Gasteiger partial charge on any atom is -0.494 e. The molecule has 2 fully saturated rings. The van der Waals surface area contributed by atoms with Crippen molar-refractivity contribution in [3.8, 4) is 5.75 Å². The maximum atomic E-state index is 14.0. The molecule has 2 amide bonds. The lowest BCUT2D eigenvalue weighted by Gasteiger charge is -2.45. The number of hydrogen-bond donors (Lipinski definition) is 0. The number of amides is 2. The highest BCUT2D eigenvalue weighted by Crippen LogP contribution is 2.40. The molecule has 4 rings (SSSR count). The second kappa shape index (κ2) is 7.85. The molecule has 0 N–H and O–H groups in total. The van der Waals surface area contributed by atoms with Gasteiger partial charge < -0.3 is 14.5 Å². The van der Waals surface area contributed by atoms with E-state index in [1.807, 2.05) is 35.2 Å². The van der Waals surface area contributed by atoms with E-state index in [-0.39, 0.29) is 23.1 Å². The lowest BCUT2D eigenvalue weighted by atomic mass is 9.84. The third-order valence-electron chi connectivity index (χ3n) is 6.24. The van der Waals surface area contributed by atoms with Crippen LogP contribution in [0.25, 0.3) is 0 Å². The van der Waals surface area contributed by atoms with Crippen LogP contribution < -0.4 is 4.74 Å². The summed E-state index contributed by atoms with van der Waals surface area (Å²) in [5, 5.41) is 0. The molecule has 2 aliphatic rings. The van der Waals surface area contributed by atoms with Crippen LogP contribution in [0.1, 0.15) is 41.6 Å². The molecule has 0 bridgehead atoms. The van der Waals surface area contributed by atoms with Crippen LogP contribution >= 0.6 is 0 Å². The lowest BCUT2D eigenvalue weighted by molar-refractivity contribution is -0.133. The van der Waals surface area contributed by atoms with Crippen molar-refractivity contribution < 1.29 is 18.7 Å². The molecule has 2 aromatic rings. The van der Waals surface area contributed by atoms with Crippen molar-refractivity contribution in [1.29, 1.82) is 0 Å². The molecule has 2 heterocycles. The van der Waals surface area contributed by atoms with Gasteiger partial charge in [0.1, 0.15) is 0 Å². The quantitative estimate of drug-likeness (QED) is 0.793. The average molecular weight is 396 g/mol. The largest absolute Gasteiger partial charge is 0.494 e. The fourth-order valence-corrected chi connectivity index (χ4v) is 4.52. The highest BCUT2D eigenvalue weighted by Gasteiger charge is 2.47. The number of rotatable bonds is 4. The maximum Gasteiger partial charge on any atom is 0.253 e. The standard InChI is InChI=1S/C23H25FN2O3/c1-29-20-8-7-18(15-19(20)24)22(28)25-13-11-23(12-14-25)10-9-21(27)26(23)16-17-5-3-2-4-6-17/h2-8,15H,9-14,16H2,1H3. The second-order valence-corrected chi connectivity index (χ2v) is 7.83. The monoisotopic (exact) mass is 396 g/mol. The van der Waals surface area contributed by atoms with Crippen molar-refractivity contribution in [2.45, 2.75) is 37.8 Å². The minimum absolute atomic E-state index is 0.125. The SMILES string of the molecule is COc1ccc(C(=O)N2CCC3(CCC(=O)N3Cc3ccccc3)CC2)cc1F. The van der Waals surface area contributed by atoms with Crippen LogP contribution in [0, 0.1) is 5.82 Å². The fraction of sp³-hybridized carbons (Fsp3) is 0.391. The molecule has 6 heteroatoms. The number of piperidine rings is 1. The van der Waals surface area contributed by atoms with Gasteiger partial charge in [-0.05, 0) is 43.0 Å². The molecule has 2 saturated heterocycles. The van der Waals surface area contributed by atoms with Gasteiger partial charge in [-0.3, -0.25) is 9.59 Å². The van der Waals surface area contributed by atoms with Gasteiger partial charge in [0.25, 0.3) is 5.91 Å². The highest BCUT2D eigenvalue weighted by molar-refractivity contribution is 5.94. The summed E-state index contributed by atoms with van der Waals surface area (Å²) in [7, 11) is 1.40. The molecule has 0 radical (unpaired) electrons. The third-order valence-corrected chi connectivity index (χ3v) is 6.24. The number of likely N-dealkylation sites (tertiary alicyclic amines) is 2. The Morgan fingerprint density at radius 1 is 1.10 bits per heavy atom. The van der Waals surface area contributed by atoms with Crippen LogP contribution in [0.3, 0.4) is 0 Å². The smallest absolute Gasteiger partial charge is 0.253 e. The van der Waals surface area contributed by atoms with Gasteiger partial charge in [0, 0.05) is 37.2 Å². The normalized spacial score (nSPS) is 18.3. The Morgan fingerprint density at radius 3 is 2.48 bits per heavy atom. The van der Waals surface area contributed by atoms with Crippen molar-refractivity contribution in [2.24, 2.45) is 0 Å². The number of nitrogens with zero attached hydrogens (tertiary/aromatic N) is 2. The Kier molecular flexibility index (Phi) is 5.26. The van der Waals surface area contributed by atoms with Crippen molar-refractivity contribution in [3.05, 3.63) is 65.5 Å². The van der Waals surface area contributed by atoms with E-state index < -0.39 is 5.82 Å². The van der Waals surface area contributed by atoms with E-state index in [1.54, 1.807) is 11.0 Å². The first-order valence-electron chi connectivity index (χ1n) is 10.00. The number of methoxy groups -OCH3 is 1. The molecular weight excluding hydrogens is 371 g/mol. The van der Waals surface area contributed by atoms with E-state index in [1.165, 1.54) is 19.2 Å². The zero-order valence-electron chi connectivity index (χ0n) is 16.6. The molecule has 0 atom stereocenters. The summed E-state index contributed by atoms with van der Waals surface area (Å²) in [4.78, 5) is 29.2. The molecular formula is C23H25FN2O3. The first kappa shape index (κ1) is 19.4. The van der Waals surface area contributed by atoms with Crippen molar-refractivity contribution in [1.82, 2.24) is 9.80 Å². The summed E-state index contributed by atoms with van der Waals surface area (Å²) in [6.07, 6.45) is 2.88. The Labute approximate surface area is 170 Å². The molecule has 0 saturated carbocycles. The van der Waals surface area contributed by atoms with Gasteiger partial charge in [-0.25, -0.2) is 4.39 Å². The molecule has 29 heavy (non-hydrogen) atoms. The number of carbonyl (C=O) groups excluding carboxylic acids is 2. The Bertz CT molecular complexity index is 908. The van der Waals surface area contributed by atoms with Gasteiger partial charge >= 0.3 is 0 Å². The third kappa shape index (κ3) is 3.71. The Hall–Kier alpha value is -2.89. The van der Waals surface area contributed by atoms with E-state index in [2.05, 4.69) is 0 Å². The van der Waals surface area contributed by atoms with Crippen molar-refractivity contribution in [2.75, 3.05) is 20.2 Å². The van der Waals surface area contributed by atoms with Gasteiger partial charge in [0.05, 0.1) is 7.11 Å². The number of carbonyl (C=O) groups is 2. The van der Waals surface area contributed by atoms with Gasteiger partial charge in [-0.1, -0.05) is 30.3 Å². The molecule has 5 nitrogen and oxygen atoms in total. The van der Waals surface area contributed by atoms with Gasteiger partial charge in [-0.2, -0.15) is 0 Å². The predicted molar refractivity (Wildman–Crippen MR) is 107 cm³/mol. The summed E-state index contributed by atoms with van der Waals surface area (Å²) < 4.78 is 18.9. The number of hydrogen-bond acceptors (Lipinski definition) is 3. The van der Waals surface area contributed by atoms with Crippen LogP contribution in [-0.4, -0.2) is 47.4 Å². The summed E-state index contributed by atoms with van der Waals surface area (Å²) >= 11 is 0. The van der Waals surface area contributed by atoms with Crippen molar-refractivity contribution >= 4 is 11.8 Å². The second-order valence-electron chi connectivity index (χ2n) is 7.83. The number of halogens is 1. The van der Waals surface area contributed by atoms with Crippen LogP contribution in [0.4, 0.5) is 4.39 Å². The summed E-state index contributed by atoms with van der Waals surface area (Å²) in [5.74, 6) is -0.409. The maximum absolute atomic E-state index is 14.0. The fourth-order valence-electron chi connectivity index (χ4n) is 4.52. The first-order chi connectivity index (χ1) is 14.0. The van der Waals surface area contributed by atoms with E-state index in [4.69, 9.17) is 4.74 Å². The highest BCUT2D eigenvalue weighted by atomic mass is 19.1. The van der Waals surface area contributed by atoms with Crippen molar-refractivity contribution in [3.63, 3.8) is 0 Å². The molecule has 0 aromatic heterocycles. The molecule has 1 spiro atoms. The van der Waals surface area contributed by atoms with E-state index in [0.29, 0.717) is 31.6 Å². The molecule has 152 valence electrons. The van der Waals surface area contributed by atoms with Gasteiger partial charge in [0.2, 0.25) is 5.91 Å². The molecule has 2 aromatic carbocycles. The molecule has 0 unspecified atom stereocenters. The summed E-state index contributed by atoms with van der Waals surface area (Å²) in [6.45, 7) is 1.73. The zero-order chi connectivity index (χ0) is 20.4. The summed E-state index contributed by atoms with van der Waals surface area (Å²) in [5.41, 5.74) is 1.26. The molecule has 0 aliphatic carbocycles. The topological polar surface area (TPSA) is 49.9 Å². The van der Waals surface area contributed by atoms with Crippen LogP contribution in [0.5, 0.6) is 5.75 Å². The van der Waals surface area contributed by atoms with E-state index in [0.717, 1.165) is 24.8 Å². The van der Waals surface area contributed by atoms with Gasteiger partial charge in [0.15, 0.2) is 11.6 Å². The zero-order valence-corrected chi connectivity index (χ0v) is 16.6. The number of benzene rings is 2. The van der Waals surface area contributed by atoms with E-state index in [9.17, 15) is 14.0 Å². The lowest BCUT2D eigenvalue weighted by Crippen LogP contribution is -2.53. The average Bonchev–Trinajstić information content (AvgIpc) is 3.04. The van der Waals surface area contributed by atoms with Gasteiger partial charge in [-0.15, -0.1) is 0 Å². The first-order valence-corrected chi connectivity index (χ1v) is 10.00. The number of ether oxygens (including phenoxy) is 1. The predicted octanol–water partition coefficient (Wildman–Crippen LogP) is 3.63. The molecule has 2 aliphatic heterocycles. The summed E-state index contributed by atoms with van der Waals surface area (Å²) in [6, 6.07) is 14.3. The van der Waals surface area contributed by atoms with Crippen LogP contribution in [0.2, 0.25) is 0 Å².